The minimum absolute atomic E-state index is 0.212. The van der Waals surface area contributed by atoms with E-state index in [0.29, 0.717) is 22.8 Å². The molecule has 6 heteroatoms. The molecule has 0 aliphatic heterocycles. The Hall–Kier alpha value is -3.28. The second kappa shape index (κ2) is 8.54. The van der Waals surface area contributed by atoms with Gasteiger partial charge in [-0.3, -0.25) is 4.79 Å². The molecule has 0 aromatic heterocycles. The van der Waals surface area contributed by atoms with Gasteiger partial charge in [0.05, 0.1) is 7.11 Å². The number of rotatable bonds is 7. The Bertz CT molecular complexity index is 777. The van der Waals surface area contributed by atoms with Gasteiger partial charge in [0.25, 0.3) is 0 Å². The summed E-state index contributed by atoms with van der Waals surface area (Å²) in [5.74, 6) is 0.230. The summed E-state index contributed by atoms with van der Waals surface area (Å²) in [5.41, 5.74) is 1.53. The Morgan fingerprint density at radius 1 is 1.08 bits per heavy atom. The predicted molar refractivity (Wildman–Crippen MR) is 91.6 cm³/mol. The summed E-state index contributed by atoms with van der Waals surface area (Å²) in [7, 11) is 1.51. The summed E-state index contributed by atoms with van der Waals surface area (Å²) in [6, 6.07) is 12.2. The molecule has 0 aliphatic carbocycles. The second-order valence-corrected chi connectivity index (χ2v) is 5.11. The Kier molecular flexibility index (Phi) is 6.17. The van der Waals surface area contributed by atoms with Crippen LogP contribution >= 0.6 is 0 Å². The van der Waals surface area contributed by atoms with Gasteiger partial charge in [-0.2, -0.15) is 0 Å². The number of esters is 1. The highest BCUT2D eigenvalue weighted by Crippen LogP contribution is 2.32. The first-order chi connectivity index (χ1) is 12.0. The average Bonchev–Trinajstić information content (AvgIpc) is 2.60. The number of hydrogen-bond donors (Lipinski definition) is 1. The van der Waals surface area contributed by atoms with Gasteiger partial charge in [-0.1, -0.05) is 18.2 Å². The number of carboxylic acid groups (broad SMARTS) is 1. The number of methoxy groups -OCH3 is 1. The van der Waals surface area contributed by atoms with Gasteiger partial charge in [-0.15, -0.1) is 0 Å². The van der Waals surface area contributed by atoms with Crippen molar-refractivity contribution in [2.45, 2.75) is 13.5 Å². The van der Waals surface area contributed by atoms with Gasteiger partial charge in [-0.05, 0) is 41.5 Å². The Morgan fingerprint density at radius 2 is 1.80 bits per heavy atom. The largest absolute Gasteiger partial charge is 0.493 e. The monoisotopic (exact) mass is 342 g/mol. The van der Waals surface area contributed by atoms with Crippen LogP contribution in [-0.4, -0.2) is 24.2 Å². The van der Waals surface area contributed by atoms with Crippen molar-refractivity contribution in [3.8, 4) is 17.2 Å². The molecule has 0 spiro atoms. The van der Waals surface area contributed by atoms with Crippen molar-refractivity contribution in [2.24, 2.45) is 0 Å². The van der Waals surface area contributed by atoms with Crippen LogP contribution in [0, 0.1) is 0 Å². The van der Waals surface area contributed by atoms with Crippen molar-refractivity contribution < 1.29 is 28.9 Å². The maximum absolute atomic E-state index is 10.8. The molecule has 0 saturated heterocycles. The fourth-order valence-electron chi connectivity index (χ4n) is 2.01. The van der Waals surface area contributed by atoms with E-state index in [9.17, 15) is 9.59 Å². The van der Waals surface area contributed by atoms with Gasteiger partial charge in [-0.25, -0.2) is 4.79 Å². The van der Waals surface area contributed by atoms with Crippen LogP contribution in [0.1, 0.15) is 18.1 Å². The molecule has 1 N–H and O–H groups in total. The topological polar surface area (TPSA) is 82.1 Å². The van der Waals surface area contributed by atoms with Crippen LogP contribution in [0.25, 0.3) is 6.08 Å². The number of benzene rings is 2. The molecule has 0 saturated carbocycles. The number of hydrogen-bond acceptors (Lipinski definition) is 5. The van der Waals surface area contributed by atoms with Crippen LogP contribution in [0.15, 0.2) is 48.5 Å². The Morgan fingerprint density at radius 3 is 2.40 bits per heavy atom. The van der Waals surface area contributed by atoms with Crippen LogP contribution in [0.3, 0.4) is 0 Å². The van der Waals surface area contributed by atoms with Gasteiger partial charge in [0.2, 0.25) is 0 Å². The number of carbonyl (C=O) groups is 2. The molecule has 0 amide bonds. The molecule has 2 aromatic carbocycles. The van der Waals surface area contributed by atoms with Gasteiger partial charge in [0.1, 0.15) is 12.4 Å². The Labute approximate surface area is 145 Å². The lowest BCUT2D eigenvalue weighted by molar-refractivity contribution is -0.142. The molecule has 0 atom stereocenters. The van der Waals surface area contributed by atoms with Crippen molar-refractivity contribution >= 4 is 18.0 Å². The van der Waals surface area contributed by atoms with Crippen molar-refractivity contribution in [3.63, 3.8) is 0 Å². The molecule has 0 heterocycles. The Balaban J connectivity index is 2.11. The molecule has 6 nitrogen and oxygen atoms in total. The highest BCUT2D eigenvalue weighted by molar-refractivity contribution is 5.85. The third-order valence-corrected chi connectivity index (χ3v) is 3.20. The zero-order valence-electron chi connectivity index (χ0n) is 13.9. The van der Waals surface area contributed by atoms with Crippen molar-refractivity contribution in [1.82, 2.24) is 0 Å². The molecule has 0 bridgehead atoms. The lowest BCUT2D eigenvalue weighted by Crippen LogP contribution is -1.98. The quantitative estimate of drug-likeness (QED) is 0.611. The number of carbonyl (C=O) groups excluding carboxylic acids is 1. The van der Waals surface area contributed by atoms with E-state index in [1.807, 2.05) is 0 Å². The van der Waals surface area contributed by atoms with E-state index >= 15 is 0 Å². The van der Waals surface area contributed by atoms with Crippen LogP contribution in [0.5, 0.6) is 17.2 Å². The average molecular weight is 342 g/mol. The van der Waals surface area contributed by atoms with E-state index in [0.717, 1.165) is 11.6 Å². The van der Waals surface area contributed by atoms with Gasteiger partial charge < -0.3 is 19.3 Å². The zero-order chi connectivity index (χ0) is 18.2. The van der Waals surface area contributed by atoms with Crippen molar-refractivity contribution in [3.05, 3.63) is 59.7 Å². The van der Waals surface area contributed by atoms with E-state index in [2.05, 4.69) is 0 Å². The third kappa shape index (κ3) is 5.69. The summed E-state index contributed by atoms with van der Waals surface area (Å²) in [4.78, 5) is 21.4. The van der Waals surface area contributed by atoms with Crippen molar-refractivity contribution in [2.75, 3.05) is 7.11 Å². The summed E-state index contributed by atoms with van der Waals surface area (Å²) < 4.78 is 16.0. The number of carboxylic acids is 1. The number of ether oxygens (including phenoxy) is 3. The van der Waals surface area contributed by atoms with Crippen LogP contribution in [0.4, 0.5) is 0 Å². The smallest absolute Gasteiger partial charge is 0.328 e. The lowest BCUT2D eigenvalue weighted by atomic mass is 10.2. The maximum atomic E-state index is 10.8. The molecule has 2 aromatic rings. The summed E-state index contributed by atoms with van der Waals surface area (Å²) >= 11 is 0. The number of aliphatic carboxylic acids is 1. The molecule has 25 heavy (non-hydrogen) atoms. The van der Waals surface area contributed by atoms with Crippen LogP contribution in [0.2, 0.25) is 0 Å². The van der Waals surface area contributed by atoms with Gasteiger partial charge in [0, 0.05) is 13.0 Å². The second-order valence-electron chi connectivity index (χ2n) is 5.11. The first-order valence-electron chi connectivity index (χ1n) is 7.47. The fourth-order valence-corrected chi connectivity index (χ4v) is 2.01. The predicted octanol–water partition coefficient (Wildman–Crippen LogP) is 3.65. The molecule has 0 aliphatic rings. The van der Waals surface area contributed by atoms with E-state index in [4.69, 9.17) is 19.3 Å². The van der Waals surface area contributed by atoms with Gasteiger partial charge >= 0.3 is 11.9 Å². The third-order valence-electron chi connectivity index (χ3n) is 3.20. The molecule has 0 fully saturated rings. The normalized spacial score (nSPS) is 10.5. The fraction of sp³-hybridized carbons (Fsp3) is 0.158. The molecular formula is C19H18O6. The minimum Gasteiger partial charge on any atom is -0.493 e. The molecule has 0 radical (unpaired) electrons. The summed E-state index contributed by atoms with van der Waals surface area (Å²) in [5, 5.41) is 8.67. The van der Waals surface area contributed by atoms with Gasteiger partial charge in [0.15, 0.2) is 11.5 Å². The summed E-state index contributed by atoms with van der Waals surface area (Å²) in [6.07, 6.45) is 2.52. The molecule has 130 valence electrons. The highest BCUT2D eigenvalue weighted by Gasteiger charge is 2.07. The standard InChI is InChI=1S/C19H18O6/c1-13(20)24-12-15-3-7-16(8-4-15)25-17-9-5-14(6-10-19(21)22)11-18(17)23-2/h3-11H,12H2,1-2H3,(H,21,22). The van der Waals surface area contributed by atoms with E-state index in [1.165, 1.54) is 20.1 Å². The van der Waals surface area contributed by atoms with Crippen LogP contribution in [-0.2, 0) is 20.9 Å². The first-order valence-corrected chi connectivity index (χ1v) is 7.47. The first kappa shape index (κ1) is 18.1. The SMILES string of the molecule is COc1cc(C=CC(=O)O)ccc1Oc1ccc(COC(C)=O)cc1. The minimum atomic E-state index is -1.02. The lowest BCUT2D eigenvalue weighted by Gasteiger charge is -2.11. The zero-order valence-corrected chi connectivity index (χ0v) is 13.9. The van der Waals surface area contributed by atoms with E-state index in [-0.39, 0.29) is 12.6 Å². The van der Waals surface area contributed by atoms with Crippen molar-refractivity contribution in [1.29, 1.82) is 0 Å². The summed E-state index contributed by atoms with van der Waals surface area (Å²) in [6.45, 7) is 1.57. The van der Waals surface area contributed by atoms with Crippen LogP contribution < -0.4 is 9.47 Å². The molecule has 0 unspecified atom stereocenters. The molecule has 2 rings (SSSR count). The van der Waals surface area contributed by atoms with E-state index < -0.39 is 5.97 Å². The van der Waals surface area contributed by atoms with E-state index in [1.54, 1.807) is 42.5 Å². The maximum Gasteiger partial charge on any atom is 0.328 e. The highest BCUT2D eigenvalue weighted by atomic mass is 16.5. The molecular weight excluding hydrogens is 324 g/mol.